The summed E-state index contributed by atoms with van der Waals surface area (Å²) in [6, 6.07) is 12.7. The van der Waals surface area contributed by atoms with E-state index in [-0.39, 0.29) is 0 Å². The SMILES string of the molecule is COC(=O)c1cc(N)cc(-c2ccccc2OC)c1. The molecular formula is C15H15NO3. The van der Waals surface area contributed by atoms with Gasteiger partial charge in [-0.1, -0.05) is 18.2 Å². The van der Waals surface area contributed by atoms with Gasteiger partial charge in [-0.2, -0.15) is 0 Å². The molecule has 0 aliphatic heterocycles. The Labute approximate surface area is 111 Å². The van der Waals surface area contributed by atoms with E-state index < -0.39 is 5.97 Å². The van der Waals surface area contributed by atoms with Crippen molar-refractivity contribution in [1.82, 2.24) is 0 Å². The van der Waals surface area contributed by atoms with Crippen LogP contribution < -0.4 is 10.5 Å². The summed E-state index contributed by atoms with van der Waals surface area (Å²) in [6.07, 6.45) is 0. The first-order chi connectivity index (χ1) is 9.15. The number of rotatable bonds is 3. The zero-order chi connectivity index (χ0) is 13.8. The van der Waals surface area contributed by atoms with E-state index in [0.717, 1.165) is 16.9 Å². The molecule has 2 N–H and O–H groups in total. The number of methoxy groups -OCH3 is 2. The van der Waals surface area contributed by atoms with Crippen molar-refractivity contribution in [3.05, 3.63) is 48.0 Å². The summed E-state index contributed by atoms with van der Waals surface area (Å²) in [5, 5.41) is 0. The van der Waals surface area contributed by atoms with Gasteiger partial charge in [0, 0.05) is 11.3 Å². The first-order valence-electron chi connectivity index (χ1n) is 5.78. The second-order valence-electron chi connectivity index (χ2n) is 4.04. The highest BCUT2D eigenvalue weighted by Crippen LogP contribution is 2.31. The predicted molar refractivity (Wildman–Crippen MR) is 74.2 cm³/mol. The maximum absolute atomic E-state index is 11.6. The standard InChI is InChI=1S/C15H15NO3/c1-18-14-6-4-3-5-13(14)10-7-11(15(17)19-2)9-12(16)8-10/h3-9H,16H2,1-2H3. The van der Waals surface area contributed by atoms with Gasteiger partial charge in [-0.15, -0.1) is 0 Å². The highest BCUT2D eigenvalue weighted by atomic mass is 16.5. The van der Waals surface area contributed by atoms with E-state index in [0.29, 0.717) is 11.3 Å². The minimum atomic E-state index is -0.413. The number of ether oxygens (including phenoxy) is 2. The predicted octanol–water partition coefficient (Wildman–Crippen LogP) is 2.73. The van der Waals surface area contributed by atoms with Crippen molar-refractivity contribution in [2.75, 3.05) is 20.0 Å². The zero-order valence-corrected chi connectivity index (χ0v) is 10.8. The number of hydrogen-bond donors (Lipinski definition) is 1. The van der Waals surface area contributed by atoms with Crippen LogP contribution in [-0.4, -0.2) is 20.2 Å². The van der Waals surface area contributed by atoms with Crippen LogP contribution in [0.15, 0.2) is 42.5 Å². The molecule has 0 spiro atoms. The van der Waals surface area contributed by atoms with Crippen LogP contribution in [0.5, 0.6) is 5.75 Å². The molecule has 0 bridgehead atoms. The molecule has 0 aliphatic carbocycles. The Hall–Kier alpha value is -2.49. The number of carbonyl (C=O) groups is 1. The van der Waals surface area contributed by atoms with Crippen LogP contribution in [0.3, 0.4) is 0 Å². The largest absolute Gasteiger partial charge is 0.496 e. The van der Waals surface area contributed by atoms with Gasteiger partial charge in [0.2, 0.25) is 0 Å². The number of para-hydroxylation sites is 1. The number of nitrogens with two attached hydrogens (primary N) is 1. The molecule has 19 heavy (non-hydrogen) atoms. The van der Waals surface area contributed by atoms with Crippen LogP contribution in [0.2, 0.25) is 0 Å². The van der Waals surface area contributed by atoms with Crippen molar-refractivity contribution in [2.45, 2.75) is 0 Å². The van der Waals surface area contributed by atoms with Gasteiger partial charge in [0.1, 0.15) is 5.75 Å². The Kier molecular flexibility index (Phi) is 3.71. The van der Waals surface area contributed by atoms with Crippen molar-refractivity contribution in [2.24, 2.45) is 0 Å². The van der Waals surface area contributed by atoms with E-state index in [4.69, 9.17) is 15.2 Å². The fourth-order valence-corrected chi connectivity index (χ4v) is 1.93. The molecule has 2 aromatic carbocycles. The van der Waals surface area contributed by atoms with Gasteiger partial charge in [0.25, 0.3) is 0 Å². The normalized spacial score (nSPS) is 10.0. The molecule has 0 heterocycles. The molecule has 0 fully saturated rings. The zero-order valence-electron chi connectivity index (χ0n) is 10.8. The number of hydrogen-bond acceptors (Lipinski definition) is 4. The number of anilines is 1. The minimum absolute atomic E-state index is 0.413. The van der Waals surface area contributed by atoms with Crippen LogP contribution in [0.25, 0.3) is 11.1 Å². The van der Waals surface area contributed by atoms with E-state index in [9.17, 15) is 4.79 Å². The first kappa shape index (κ1) is 13.0. The maximum atomic E-state index is 11.6. The monoisotopic (exact) mass is 257 g/mol. The summed E-state index contributed by atoms with van der Waals surface area (Å²) < 4.78 is 10.0. The molecule has 2 aromatic rings. The molecule has 0 atom stereocenters. The number of carbonyl (C=O) groups excluding carboxylic acids is 1. The third-order valence-corrected chi connectivity index (χ3v) is 2.79. The second-order valence-corrected chi connectivity index (χ2v) is 4.04. The van der Waals surface area contributed by atoms with Crippen molar-refractivity contribution in [3.63, 3.8) is 0 Å². The molecule has 4 nitrogen and oxygen atoms in total. The summed E-state index contributed by atoms with van der Waals surface area (Å²) in [4.78, 5) is 11.6. The third-order valence-electron chi connectivity index (χ3n) is 2.79. The van der Waals surface area contributed by atoms with Gasteiger partial charge in [-0.25, -0.2) is 4.79 Å². The molecule has 0 saturated heterocycles. The van der Waals surface area contributed by atoms with Gasteiger partial charge in [-0.3, -0.25) is 0 Å². The number of nitrogen functional groups attached to an aromatic ring is 1. The summed E-state index contributed by atoms with van der Waals surface area (Å²) in [7, 11) is 2.95. The lowest BCUT2D eigenvalue weighted by molar-refractivity contribution is 0.0601. The Balaban J connectivity index is 2.56. The minimum Gasteiger partial charge on any atom is -0.496 e. The summed E-state index contributed by atoms with van der Waals surface area (Å²) in [5.41, 5.74) is 8.45. The third kappa shape index (κ3) is 2.68. The van der Waals surface area contributed by atoms with Gasteiger partial charge < -0.3 is 15.2 Å². The van der Waals surface area contributed by atoms with Crippen molar-refractivity contribution < 1.29 is 14.3 Å². The number of benzene rings is 2. The van der Waals surface area contributed by atoms with Crippen LogP contribution in [0.1, 0.15) is 10.4 Å². The highest BCUT2D eigenvalue weighted by Gasteiger charge is 2.11. The highest BCUT2D eigenvalue weighted by molar-refractivity contribution is 5.92. The first-order valence-corrected chi connectivity index (χ1v) is 5.78. The quantitative estimate of drug-likeness (QED) is 0.678. The van der Waals surface area contributed by atoms with E-state index >= 15 is 0 Å². The fourth-order valence-electron chi connectivity index (χ4n) is 1.93. The summed E-state index contributed by atoms with van der Waals surface area (Å²) >= 11 is 0. The van der Waals surface area contributed by atoms with E-state index in [1.54, 1.807) is 25.3 Å². The second kappa shape index (κ2) is 5.44. The lowest BCUT2D eigenvalue weighted by Gasteiger charge is -2.10. The Morgan fingerprint density at radius 1 is 1.11 bits per heavy atom. The molecule has 0 aromatic heterocycles. The van der Waals surface area contributed by atoms with Crippen molar-refractivity contribution in [1.29, 1.82) is 0 Å². The molecule has 0 radical (unpaired) electrons. The number of esters is 1. The van der Waals surface area contributed by atoms with E-state index in [2.05, 4.69) is 0 Å². The van der Waals surface area contributed by atoms with Crippen LogP contribution in [0, 0.1) is 0 Å². The average Bonchev–Trinajstić information content (AvgIpc) is 2.45. The van der Waals surface area contributed by atoms with Crippen LogP contribution in [-0.2, 0) is 4.74 Å². The fraction of sp³-hybridized carbons (Fsp3) is 0.133. The molecular weight excluding hydrogens is 242 g/mol. The molecule has 0 aliphatic rings. The Morgan fingerprint density at radius 2 is 1.84 bits per heavy atom. The van der Waals surface area contributed by atoms with Crippen LogP contribution >= 0.6 is 0 Å². The Morgan fingerprint density at radius 3 is 2.53 bits per heavy atom. The van der Waals surface area contributed by atoms with Gasteiger partial charge >= 0.3 is 5.97 Å². The molecule has 0 saturated carbocycles. The van der Waals surface area contributed by atoms with Gasteiger partial charge in [0.05, 0.1) is 19.8 Å². The molecule has 4 heteroatoms. The molecule has 0 unspecified atom stereocenters. The lowest BCUT2D eigenvalue weighted by atomic mass is 10.0. The lowest BCUT2D eigenvalue weighted by Crippen LogP contribution is -2.02. The maximum Gasteiger partial charge on any atom is 0.337 e. The van der Waals surface area contributed by atoms with Crippen molar-refractivity contribution in [3.8, 4) is 16.9 Å². The van der Waals surface area contributed by atoms with Gasteiger partial charge in [-0.05, 0) is 29.8 Å². The topological polar surface area (TPSA) is 61.5 Å². The average molecular weight is 257 g/mol. The van der Waals surface area contributed by atoms with E-state index in [1.165, 1.54) is 7.11 Å². The smallest absolute Gasteiger partial charge is 0.337 e. The van der Waals surface area contributed by atoms with E-state index in [1.807, 2.05) is 24.3 Å². The molecule has 0 amide bonds. The molecule has 2 rings (SSSR count). The Bertz CT molecular complexity index is 608. The van der Waals surface area contributed by atoms with Crippen LogP contribution in [0.4, 0.5) is 5.69 Å². The molecule has 98 valence electrons. The summed E-state index contributed by atoms with van der Waals surface area (Å²) in [6.45, 7) is 0. The van der Waals surface area contributed by atoms with Crippen molar-refractivity contribution >= 4 is 11.7 Å². The summed E-state index contributed by atoms with van der Waals surface area (Å²) in [5.74, 6) is 0.312. The van der Waals surface area contributed by atoms with Gasteiger partial charge in [0.15, 0.2) is 0 Å².